The molecule has 0 unspecified atom stereocenters. The number of hydrogen-bond acceptors (Lipinski definition) is 3. The normalized spacial score (nSPS) is 12.0. The Morgan fingerprint density at radius 2 is 1.74 bits per heavy atom. The number of nitrogens with one attached hydrogen (secondary N) is 2. The van der Waals surface area contributed by atoms with Crippen LogP contribution in [0.5, 0.6) is 0 Å². The van der Waals surface area contributed by atoms with Crippen LogP contribution in [0.1, 0.15) is 36.5 Å². The Labute approximate surface area is 159 Å². The minimum atomic E-state index is -3.60. The van der Waals surface area contributed by atoms with E-state index in [1.807, 2.05) is 43.3 Å². The summed E-state index contributed by atoms with van der Waals surface area (Å²) in [6, 6.07) is 14.5. The molecule has 0 amide bonds. The van der Waals surface area contributed by atoms with Gasteiger partial charge in [0, 0.05) is 17.6 Å². The standard InChI is InChI=1S/C21H24N2O3S/c1-14(2)16-5-7-19(8-6-16)27(25,26)22-11-10-17-13-18-12-15(3)4-9-20(18)23-21(17)24/h4-9,12-14,22H,10-11H2,1-3H3,(H,23,24). The van der Waals surface area contributed by atoms with E-state index in [9.17, 15) is 13.2 Å². The van der Waals surface area contributed by atoms with Gasteiger partial charge in [-0.1, -0.05) is 37.6 Å². The van der Waals surface area contributed by atoms with Gasteiger partial charge in [0.15, 0.2) is 0 Å². The Hall–Kier alpha value is -2.44. The van der Waals surface area contributed by atoms with Crippen LogP contribution in [0.2, 0.25) is 0 Å². The van der Waals surface area contributed by atoms with Gasteiger partial charge in [-0.15, -0.1) is 0 Å². The van der Waals surface area contributed by atoms with Crippen LogP contribution in [0.25, 0.3) is 10.9 Å². The molecule has 0 atom stereocenters. The molecule has 0 aliphatic carbocycles. The van der Waals surface area contributed by atoms with Crippen molar-refractivity contribution in [2.24, 2.45) is 0 Å². The number of aryl methyl sites for hydroxylation is 1. The molecule has 5 nitrogen and oxygen atoms in total. The van der Waals surface area contributed by atoms with Crippen molar-refractivity contribution < 1.29 is 8.42 Å². The lowest BCUT2D eigenvalue weighted by molar-refractivity contribution is 0.581. The highest BCUT2D eigenvalue weighted by atomic mass is 32.2. The zero-order chi connectivity index (χ0) is 19.6. The molecule has 6 heteroatoms. The van der Waals surface area contributed by atoms with Gasteiger partial charge in [-0.2, -0.15) is 0 Å². The number of pyridine rings is 1. The molecular weight excluding hydrogens is 360 g/mol. The lowest BCUT2D eigenvalue weighted by Gasteiger charge is -2.09. The third-order valence-electron chi connectivity index (χ3n) is 4.62. The molecule has 1 heterocycles. The zero-order valence-corrected chi connectivity index (χ0v) is 16.6. The van der Waals surface area contributed by atoms with Crippen LogP contribution in [-0.4, -0.2) is 19.9 Å². The molecule has 0 radical (unpaired) electrons. The van der Waals surface area contributed by atoms with E-state index in [0.717, 1.165) is 22.0 Å². The molecule has 3 rings (SSSR count). The minimum Gasteiger partial charge on any atom is -0.322 e. The van der Waals surface area contributed by atoms with Crippen molar-refractivity contribution in [3.05, 3.63) is 75.6 Å². The fourth-order valence-corrected chi connectivity index (χ4v) is 4.02. The molecule has 0 bridgehead atoms. The molecule has 1 aromatic heterocycles. The van der Waals surface area contributed by atoms with E-state index in [4.69, 9.17) is 0 Å². The van der Waals surface area contributed by atoms with Gasteiger partial charge in [0.2, 0.25) is 10.0 Å². The second-order valence-electron chi connectivity index (χ2n) is 7.09. The second kappa shape index (κ2) is 7.66. The van der Waals surface area contributed by atoms with Gasteiger partial charge in [0.25, 0.3) is 5.56 Å². The fraction of sp³-hybridized carbons (Fsp3) is 0.286. The van der Waals surface area contributed by atoms with Gasteiger partial charge >= 0.3 is 0 Å². The molecule has 142 valence electrons. The summed E-state index contributed by atoms with van der Waals surface area (Å²) in [5, 5.41) is 0.941. The summed E-state index contributed by atoms with van der Waals surface area (Å²) >= 11 is 0. The highest BCUT2D eigenvalue weighted by molar-refractivity contribution is 7.89. The summed E-state index contributed by atoms with van der Waals surface area (Å²) in [7, 11) is -3.60. The SMILES string of the molecule is Cc1ccc2[nH]c(=O)c(CCNS(=O)(=O)c3ccc(C(C)C)cc3)cc2c1. The monoisotopic (exact) mass is 384 g/mol. The molecule has 0 spiro atoms. The topological polar surface area (TPSA) is 79.0 Å². The van der Waals surface area contributed by atoms with E-state index in [0.29, 0.717) is 17.9 Å². The third kappa shape index (κ3) is 4.46. The summed E-state index contributed by atoms with van der Waals surface area (Å²) in [5.41, 5.74) is 3.34. The first kappa shape index (κ1) is 19.3. The molecule has 0 saturated carbocycles. The number of aromatic nitrogens is 1. The van der Waals surface area contributed by atoms with Crippen LogP contribution < -0.4 is 10.3 Å². The number of aromatic amines is 1. The van der Waals surface area contributed by atoms with Gasteiger partial charge in [-0.25, -0.2) is 13.1 Å². The number of rotatable bonds is 6. The van der Waals surface area contributed by atoms with Gasteiger partial charge in [0.1, 0.15) is 0 Å². The van der Waals surface area contributed by atoms with Gasteiger partial charge in [0.05, 0.1) is 4.90 Å². The Kier molecular flexibility index (Phi) is 5.48. The number of H-pyrrole nitrogens is 1. The predicted octanol–water partition coefficient (Wildman–Crippen LogP) is 3.48. The molecule has 0 fully saturated rings. The van der Waals surface area contributed by atoms with Crippen LogP contribution in [0.15, 0.2) is 58.2 Å². The zero-order valence-electron chi connectivity index (χ0n) is 15.7. The second-order valence-corrected chi connectivity index (χ2v) is 8.85. The first-order chi connectivity index (χ1) is 12.8. The van der Waals surface area contributed by atoms with Crippen molar-refractivity contribution in [3.63, 3.8) is 0 Å². The van der Waals surface area contributed by atoms with Crippen molar-refractivity contribution in [2.75, 3.05) is 6.54 Å². The maximum Gasteiger partial charge on any atom is 0.251 e. The fourth-order valence-electron chi connectivity index (χ4n) is 2.99. The number of hydrogen-bond donors (Lipinski definition) is 2. The molecule has 0 saturated heterocycles. The maximum atomic E-state index is 12.4. The van der Waals surface area contributed by atoms with Crippen molar-refractivity contribution >= 4 is 20.9 Å². The number of benzene rings is 2. The lowest BCUT2D eigenvalue weighted by Crippen LogP contribution is -2.27. The predicted molar refractivity (Wildman–Crippen MR) is 109 cm³/mol. The van der Waals surface area contributed by atoms with E-state index in [1.54, 1.807) is 12.1 Å². The van der Waals surface area contributed by atoms with Gasteiger partial charge in [-0.05, 0) is 60.5 Å². The molecule has 2 N–H and O–H groups in total. The van der Waals surface area contributed by atoms with Gasteiger partial charge in [-0.3, -0.25) is 4.79 Å². The van der Waals surface area contributed by atoms with E-state index >= 15 is 0 Å². The number of fused-ring (bicyclic) bond motifs is 1. The third-order valence-corrected chi connectivity index (χ3v) is 6.10. The molecule has 27 heavy (non-hydrogen) atoms. The Morgan fingerprint density at radius 1 is 1.04 bits per heavy atom. The van der Waals surface area contributed by atoms with E-state index in [1.165, 1.54) is 0 Å². The summed E-state index contributed by atoms with van der Waals surface area (Å²) in [5.74, 6) is 0.345. The molecule has 0 aliphatic heterocycles. The Morgan fingerprint density at radius 3 is 2.41 bits per heavy atom. The van der Waals surface area contributed by atoms with E-state index < -0.39 is 10.0 Å². The van der Waals surface area contributed by atoms with E-state index in [2.05, 4.69) is 23.6 Å². The Balaban J connectivity index is 1.72. The van der Waals surface area contributed by atoms with Crippen molar-refractivity contribution in [1.29, 1.82) is 0 Å². The highest BCUT2D eigenvalue weighted by Gasteiger charge is 2.14. The van der Waals surface area contributed by atoms with Crippen LogP contribution >= 0.6 is 0 Å². The molecule has 0 aliphatic rings. The Bertz CT molecular complexity index is 1110. The minimum absolute atomic E-state index is 0.161. The molecule has 2 aromatic carbocycles. The number of sulfonamides is 1. The van der Waals surface area contributed by atoms with Crippen molar-refractivity contribution in [2.45, 2.75) is 38.0 Å². The van der Waals surface area contributed by atoms with Crippen molar-refractivity contribution in [1.82, 2.24) is 9.71 Å². The summed E-state index contributed by atoms with van der Waals surface area (Å²) in [6.07, 6.45) is 0.322. The average Bonchev–Trinajstić information content (AvgIpc) is 2.62. The van der Waals surface area contributed by atoms with Crippen molar-refractivity contribution in [3.8, 4) is 0 Å². The quantitative estimate of drug-likeness (QED) is 0.683. The molecule has 3 aromatic rings. The summed E-state index contributed by atoms with van der Waals surface area (Å²) in [4.78, 5) is 15.3. The van der Waals surface area contributed by atoms with Crippen LogP contribution in [0.4, 0.5) is 0 Å². The smallest absolute Gasteiger partial charge is 0.251 e. The summed E-state index contributed by atoms with van der Waals surface area (Å²) in [6.45, 7) is 6.27. The van der Waals surface area contributed by atoms with Gasteiger partial charge < -0.3 is 4.98 Å². The highest BCUT2D eigenvalue weighted by Crippen LogP contribution is 2.17. The average molecular weight is 385 g/mol. The maximum absolute atomic E-state index is 12.4. The summed E-state index contributed by atoms with van der Waals surface area (Å²) < 4.78 is 27.5. The first-order valence-corrected chi connectivity index (χ1v) is 10.5. The molecular formula is C21H24N2O3S. The first-order valence-electron chi connectivity index (χ1n) is 8.98. The van der Waals surface area contributed by atoms with E-state index in [-0.39, 0.29) is 17.0 Å². The van der Waals surface area contributed by atoms with Crippen LogP contribution in [0.3, 0.4) is 0 Å². The van der Waals surface area contributed by atoms with Crippen LogP contribution in [0, 0.1) is 6.92 Å². The lowest BCUT2D eigenvalue weighted by atomic mass is 10.0. The largest absolute Gasteiger partial charge is 0.322 e. The van der Waals surface area contributed by atoms with Crippen LogP contribution in [-0.2, 0) is 16.4 Å².